The van der Waals surface area contributed by atoms with Crippen LogP contribution in [0, 0.1) is 5.41 Å². The van der Waals surface area contributed by atoms with Gasteiger partial charge in [0.1, 0.15) is 11.9 Å². The Bertz CT molecular complexity index is 1200. The molecule has 0 aliphatic carbocycles. The molecule has 0 aliphatic rings. The molecular formula is C26H29ClN6O4. The molecule has 0 bridgehead atoms. The minimum atomic E-state index is -0.796. The van der Waals surface area contributed by atoms with Crippen molar-refractivity contribution < 1.29 is 19.1 Å². The molecule has 1 atom stereocenters. The van der Waals surface area contributed by atoms with Crippen molar-refractivity contribution in [2.45, 2.75) is 19.1 Å². The van der Waals surface area contributed by atoms with Crippen LogP contribution in [0.2, 0.25) is 0 Å². The molecule has 6 N–H and O–H groups in total. The average molecular weight is 525 g/mol. The third-order valence-electron chi connectivity index (χ3n) is 5.34. The summed E-state index contributed by atoms with van der Waals surface area (Å²) >= 11 is 0. The molecule has 37 heavy (non-hydrogen) atoms. The topological polar surface area (TPSA) is 159 Å². The van der Waals surface area contributed by atoms with Gasteiger partial charge in [0.2, 0.25) is 11.8 Å². The first-order valence-corrected chi connectivity index (χ1v) is 11.2. The number of methoxy groups -OCH3 is 1. The van der Waals surface area contributed by atoms with E-state index in [2.05, 4.69) is 20.9 Å². The number of benzene rings is 2. The number of halogens is 1. The van der Waals surface area contributed by atoms with Gasteiger partial charge >= 0.3 is 5.97 Å². The standard InChI is InChI=1S/C26H28N6O4.ClH/c1-36-26(35)21-10-8-19(9-11-21)23(31-14-17-4-6-20(7-5-17)24(27)28)25(34)32-16-22(33)30-15-18-3-2-12-29-13-18;/h2-13,23,31H,14-16H2,1H3,(H3,27,28)(H,30,33)(H,32,34);1H. The number of nitrogens with zero attached hydrogens (tertiary/aromatic N) is 1. The van der Waals surface area contributed by atoms with Gasteiger partial charge in [0.05, 0.1) is 19.2 Å². The first-order valence-electron chi connectivity index (χ1n) is 11.2. The summed E-state index contributed by atoms with van der Waals surface area (Å²) in [7, 11) is 1.30. The molecule has 0 radical (unpaired) electrons. The second kappa shape index (κ2) is 14.3. The van der Waals surface area contributed by atoms with Gasteiger partial charge in [-0.2, -0.15) is 0 Å². The predicted molar refractivity (Wildman–Crippen MR) is 141 cm³/mol. The maximum absolute atomic E-state index is 13.1. The molecule has 1 unspecified atom stereocenters. The Morgan fingerprint density at radius 3 is 2.22 bits per heavy atom. The molecule has 2 aromatic carbocycles. The SMILES string of the molecule is COC(=O)c1ccc(C(NCc2ccc(C(=N)N)cc2)C(=O)NCC(=O)NCc2cccnc2)cc1.Cl. The van der Waals surface area contributed by atoms with E-state index >= 15 is 0 Å². The van der Waals surface area contributed by atoms with Crippen molar-refractivity contribution >= 4 is 36.0 Å². The third-order valence-corrected chi connectivity index (χ3v) is 5.34. The van der Waals surface area contributed by atoms with Crippen LogP contribution in [0.15, 0.2) is 73.1 Å². The zero-order valence-corrected chi connectivity index (χ0v) is 21.0. The summed E-state index contributed by atoms with van der Waals surface area (Å²) in [5.74, 6) is -1.25. The monoisotopic (exact) mass is 524 g/mol. The van der Waals surface area contributed by atoms with Gasteiger partial charge in [-0.15, -0.1) is 12.4 Å². The normalized spacial score (nSPS) is 10.9. The number of nitrogens with two attached hydrogens (primary N) is 1. The molecule has 0 saturated carbocycles. The van der Waals surface area contributed by atoms with Crippen LogP contribution in [-0.2, 0) is 27.4 Å². The van der Waals surface area contributed by atoms with Crippen LogP contribution in [0.4, 0.5) is 0 Å². The van der Waals surface area contributed by atoms with Crippen molar-refractivity contribution in [2.24, 2.45) is 5.73 Å². The largest absolute Gasteiger partial charge is 0.465 e. The summed E-state index contributed by atoms with van der Waals surface area (Å²) < 4.78 is 4.73. The number of hydrogen-bond acceptors (Lipinski definition) is 7. The van der Waals surface area contributed by atoms with E-state index in [9.17, 15) is 14.4 Å². The average Bonchev–Trinajstić information content (AvgIpc) is 2.91. The highest BCUT2D eigenvalue weighted by molar-refractivity contribution is 5.95. The fraction of sp³-hybridized carbons (Fsp3) is 0.192. The van der Waals surface area contributed by atoms with E-state index < -0.39 is 17.9 Å². The van der Waals surface area contributed by atoms with Crippen molar-refractivity contribution in [2.75, 3.05) is 13.7 Å². The zero-order valence-electron chi connectivity index (χ0n) is 20.2. The van der Waals surface area contributed by atoms with Crippen LogP contribution in [0.25, 0.3) is 0 Å². The summed E-state index contributed by atoms with van der Waals surface area (Å²) in [5.41, 5.74) is 8.79. The van der Waals surface area contributed by atoms with Crippen molar-refractivity contribution in [1.29, 1.82) is 5.41 Å². The van der Waals surface area contributed by atoms with Gasteiger partial charge in [-0.05, 0) is 34.9 Å². The van der Waals surface area contributed by atoms with Crippen LogP contribution in [0.1, 0.15) is 38.7 Å². The molecule has 2 amide bonds. The number of carbonyl (C=O) groups excluding carboxylic acids is 3. The van der Waals surface area contributed by atoms with E-state index in [1.807, 2.05) is 18.2 Å². The minimum Gasteiger partial charge on any atom is -0.465 e. The maximum atomic E-state index is 13.1. The first kappa shape index (κ1) is 29.0. The Morgan fingerprint density at radius 1 is 0.946 bits per heavy atom. The Morgan fingerprint density at radius 2 is 1.62 bits per heavy atom. The zero-order chi connectivity index (χ0) is 25.9. The Kier molecular flexibility index (Phi) is 11.2. The smallest absolute Gasteiger partial charge is 0.337 e. The van der Waals surface area contributed by atoms with Crippen molar-refractivity contribution in [3.8, 4) is 0 Å². The van der Waals surface area contributed by atoms with E-state index in [1.54, 1.807) is 54.9 Å². The van der Waals surface area contributed by atoms with Gasteiger partial charge in [-0.25, -0.2) is 4.79 Å². The number of carbonyl (C=O) groups is 3. The molecule has 3 rings (SSSR count). The highest BCUT2D eigenvalue weighted by atomic mass is 35.5. The number of esters is 1. The Labute approximate surface area is 220 Å². The molecular weight excluding hydrogens is 496 g/mol. The van der Waals surface area contributed by atoms with E-state index in [0.29, 0.717) is 29.8 Å². The van der Waals surface area contributed by atoms with E-state index in [1.165, 1.54) is 7.11 Å². The van der Waals surface area contributed by atoms with E-state index in [0.717, 1.165) is 11.1 Å². The molecule has 10 nitrogen and oxygen atoms in total. The predicted octanol–water partition coefficient (Wildman–Crippen LogP) is 1.84. The number of hydrogen-bond donors (Lipinski definition) is 5. The van der Waals surface area contributed by atoms with Crippen LogP contribution < -0.4 is 21.7 Å². The van der Waals surface area contributed by atoms with Gasteiger partial charge in [-0.3, -0.25) is 25.3 Å². The lowest BCUT2D eigenvalue weighted by atomic mass is 10.0. The molecule has 194 valence electrons. The fourth-order valence-electron chi connectivity index (χ4n) is 3.35. The number of ether oxygens (including phenoxy) is 1. The number of nitrogen functional groups attached to an aromatic ring is 1. The number of amides is 2. The lowest BCUT2D eigenvalue weighted by molar-refractivity contribution is -0.127. The number of nitrogens with one attached hydrogen (secondary N) is 4. The highest BCUT2D eigenvalue weighted by Gasteiger charge is 2.21. The highest BCUT2D eigenvalue weighted by Crippen LogP contribution is 2.16. The maximum Gasteiger partial charge on any atom is 0.337 e. The quantitative estimate of drug-likeness (QED) is 0.145. The molecule has 0 spiro atoms. The molecule has 0 aliphatic heterocycles. The fourth-order valence-corrected chi connectivity index (χ4v) is 3.35. The lowest BCUT2D eigenvalue weighted by Gasteiger charge is -2.19. The third kappa shape index (κ3) is 8.71. The molecule has 1 heterocycles. The summed E-state index contributed by atoms with van der Waals surface area (Å²) in [6.07, 6.45) is 3.30. The van der Waals surface area contributed by atoms with Crippen LogP contribution in [0.3, 0.4) is 0 Å². The number of rotatable bonds is 11. The van der Waals surface area contributed by atoms with Gasteiger partial charge in [0, 0.05) is 31.0 Å². The van der Waals surface area contributed by atoms with Crippen LogP contribution in [0.5, 0.6) is 0 Å². The van der Waals surface area contributed by atoms with Crippen molar-refractivity contribution in [1.82, 2.24) is 20.9 Å². The summed E-state index contributed by atoms with van der Waals surface area (Å²) in [6, 6.07) is 16.4. The van der Waals surface area contributed by atoms with E-state index in [4.69, 9.17) is 15.9 Å². The molecule has 1 aromatic heterocycles. The van der Waals surface area contributed by atoms with Crippen LogP contribution >= 0.6 is 12.4 Å². The molecule has 3 aromatic rings. The Balaban J connectivity index is 0.00000481. The van der Waals surface area contributed by atoms with Crippen molar-refractivity contribution in [3.05, 3.63) is 101 Å². The number of amidine groups is 1. The molecule has 11 heteroatoms. The van der Waals surface area contributed by atoms with Crippen molar-refractivity contribution in [3.63, 3.8) is 0 Å². The van der Waals surface area contributed by atoms with Gasteiger partial charge in [0.25, 0.3) is 0 Å². The first-order chi connectivity index (χ1) is 17.4. The second-order valence-electron chi connectivity index (χ2n) is 7.89. The Hall–Kier alpha value is -4.28. The summed E-state index contributed by atoms with van der Waals surface area (Å²) in [5, 5.41) is 16.1. The van der Waals surface area contributed by atoms with E-state index in [-0.39, 0.29) is 30.7 Å². The molecule has 0 saturated heterocycles. The lowest BCUT2D eigenvalue weighted by Crippen LogP contribution is -2.42. The van der Waals surface area contributed by atoms with Gasteiger partial charge in [-0.1, -0.05) is 42.5 Å². The summed E-state index contributed by atoms with van der Waals surface area (Å²) in [4.78, 5) is 41.1. The number of aromatic nitrogens is 1. The van der Waals surface area contributed by atoms with Gasteiger partial charge in [0.15, 0.2) is 0 Å². The van der Waals surface area contributed by atoms with Gasteiger partial charge < -0.3 is 21.1 Å². The minimum absolute atomic E-state index is 0. The second-order valence-corrected chi connectivity index (χ2v) is 7.89. The van der Waals surface area contributed by atoms with Crippen LogP contribution in [-0.4, -0.2) is 42.3 Å². The summed E-state index contributed by atoms with van der Waals surface area (Å²) in [6.45, 7) is 0.433. The number of pyridine rings is 1. The molecule has 0 fully saturated rings.